The van der Waals surface area contributed by atoms with E-state index in [1.807, 2.05) is 12.1 Å². The first-order valence-corrected chi connectivity index (χ1v) is 8.27. The van der Waals surface area contributed by atoms with E-state index in [1.54, 1.807) is 0 Å². The maximum absolute atomic E-state index is 12.7. The van der Waals surface area contributed by atoms with Gasteiger partial charge in [0.1, 0.15) is 0 Å². The molecule has 2 aliphatic heterocycles. The molecular formula is C18H24N2O2. The average Bonchev–Trinajstić information content (AvgIpc) is 2.47. The second-order valence-electron chi connectivity index (χ2n) is 6.65. The number of hydrogen-bond donors (Lipinski definition) is 1. The minimum atomic E-state index is 0.0762. The van der Waals surface area contributed by atoms with E-state index in [0.717, 1.165) is 36.1 Å². The molecule has 1 N–H and O–H groups in total. The zero-order valence-corrected chi connectivity index (χ0v) is 13.4. The molecule has 4 nitrogen and oxygen atoms in total. The molecule has 1 saturated heterocycles. The fraction of sp³-hybridized carbons (Fsp3) is 0.556. The van der Waals surface area contributed by atoms with Crippen LogP contribution in [0.5, 0.6) is 0 Å². The fourth-order valence-electron chi connectivity index (χ4n) is 3.73. The van der Waals surface area contributed by atoms with Crippen LogP contribution < -0.4 is 5.32 Å². The number of piperidine rings is 1. The highest BCUT2D eigenvalue weighted by molar-refractivity contribution is 5.94. The van der Waals surface area contributed by atoms with Gasteiger partial charge in [-0.25, -0.2) is 0 Å². The van der Waals surface area contributed by atoms with Gasteiger partial charge in [0.2, 0.25) is 11.8 Å². The Kier molecular flexibility index (Phi) is 4.19. The number of rotatable bonds is 2. The van der Waals surface area contributed by atoms with Crippen molar-refractivity contribution in [2.45, 2.75) is 64.5 Å². The first-order valence-electron chi connectivity index (χ1n) is 8.27. The summed E-state index contributed by atoms with van der Waals surface area (Å²) < 4.78 is 0. The third-order valence-corrected chi connectivity index (χ3v) is 4.90. The molecule has 1 aromatic rings. The van der Waals surface area contributed by atoms with Crippen molar-refractivity contribution in [2.75, 3.05) is 5.32 Å². The Morgan fingerprint density at radius 1 is 1.23 bits per heavy atom. The Balaban J connectivity index is 1.73. The molecule has 0 aliphatic carbocycles. The molecule has 0 radical (unpaired) electrons. The molecule has 4 heteroatoms. The predicted octanol–water partition coefficient (Wildman–Crippen LogP) is 2.90. The minimum absolute atomic E-state index is 0.0762. The second kappa shape index (κ2) is 6.11. The van der Waals surface area contributed by atoms with Crippen LogP contribution >= 0.6 is 0 Å². The van der Waals surface area contributed by atoms with Crippen LogP contribution in [0.15, 0.2) is 18.2 Å². The Morgan fingerprint density at radius 3 is 2.68 bits per heavy atom. The second-order valence-corrected chi connectivity index (χ2v) is 6.65. The van der Waals surface area contributed by atoms with Crippen molar-refractivity contribution in [2.24, 2.45) is 0 Å². The summed E-state index contributed by atoms with van der Waals surface area (Å²) in [6.07, 6.45) is 5.17. The lowest BCUT2D eigenvalue weighted by atomic mass is 9.95. The number of hydrogen-bond acceptors (Lipinski definition) is 2. The van der Waals surface area contributed by atoms with Crippen molar-refractivity contribution in [3.8, 4) is 0 Å². The molecule has 22 heavy (non-hydrogen) atoms. The van der Waals surface area contributed by atoms with Gasteiger partial charge < -0.3 is 10.2 Å². The van der Waals surface area contributed by atoms with Gasteiger partial charge in [0.15, 0.2) is 0 Å². The number of nitrogens with one attached hydrogen (secondary N) is 1. The van der Waals surface area contributed by atoms with Crippen molar-refractivity contribution in [1.82, 2.24) is 4.90 Å². The van der Waals surface area contributed by atoms with E-state index in [9.17, 15) is 9.59 Å². The lowest BCUT2D eigenvalue weighted by Gasteiger charge is -2.39. The number of anilines is 1. The molecule has 2 atom stereocenters. The monoisotopic (exact) mass is 300 g/mol. The zero-order chi connectivity index (χ0) is 15.7. The number of carbonyl (C=O) groups is 2. The van der Waals surface area contributed by atoms with E-state index >= 15 is 0 Å². The van der Waals surface area contributed by atoms with E-state index in [-0.39, 0.29) is 11.8 Å². The number of carbonyl (C=O) groups excluding carboxylic acids is 2. The molecule has 0 saturated carbocycles. The largest absolute Gasteiger partial charge is 0.337 e. The molecule has 0 aromatic heterocycles. The molecule has 2 heterocycles. The summed E-state index contributed by atoms with van der Waals surface area (Å²) in [5.74, 6) is 0.298. The van der Waals surface area contributed by atoms with E-state index in [4.69, 9.17) is 0 Å². The first-order chi connectivity index (χ1) is 10.5. The SMILES string of the molecule is CC1CCCC(C)N1C(=O)Cc1ccc2c(c1)CCC(=O)N2. The van der Waals surface area contributed by atoms with Crippen molar-refractivity contribution >= 4 is 17.5 Å². The number of nitrogens with zero attached hydrogens (tertiary/aromatic N) is 1. The molecule has 0 spiro atoms. The molecule has 1 fully saturated rings. The normalized spacial score (nSPS) is 24.6. The first kappa shape index (κ1) is 15.1. The number of benzene rings is 1. The third kappa shape index (κ3) is 3.01. The van der Waals surface area contributed by atoms with Crippen LogP contribution in [0.4, 0.5) is 5.69 Å². The van der Waals surface area contributed by atoms with Gasteiger partial charge in [-0.1, -0.05) is 12.1 Å². The number of amides is 2. The number of fused-ring (bicyclic) bond motifs is 1. The smallest absolute Gasteiger partial charge is 0.227 e. The van der Waals surface area contributed by atoms with Crippen molar-refractivity contribution in [1.29, 1.82) is 0 Å². The quantitative estimate of drug-likeness (QED) is 0.913. The molecule has 118 valence electrons. The Hall–Kier alpha value is -1.84. The van der Waals surface area contributed by atoms with Gasteiger partial charge in [-0.3, -0.25) is 9.59 Å². The zero-order valence-electron chi connectivity index (χ0n) is 13.4. The summed E-state index contributed by atoms with van der Waals surface area (Å²) in [5, 5.41) is 2.88. The minimum Gasteiger partial charge on any atom is -0.337 e. The lowest BCUT2D eigenvalue weighted by Crippen LogP contribution is -2.48. The fourth-order valence-corrected chi connectivity index (χ4v) is 3.73. The van der Waals surface area contributed by atoms with Crippen LogP contribution in [0, 0.1) is 0 Å². The summed E-state index contributed by atoms with van der Waals surface area (Å²) in [6.45, 7) is 4.30. The number of likely N-dealkylation sites (tertiary alicyclic amines) is 1. The summed E-state index contributed by atoms with van der Waals surface area (Å²) in [4.78, 5) is 26.1. The number of aryl methyl sites for hydroxylation is 1. The maximum atomic E-state index is 12.7. The third-order valence-electron chi connectivity index (χ3n) is 4.90. The highest BCUT2D eigenvalue weighted by atomic mass is 16.2. The van der Waals surface area contributed by atoms with Crippen molar-refractivity contribution in [3.05, 3.63) is 29.3 Å². The Morgan fingerprint density at radius 2 is 1.95 bits per heavy atom. The van der Waals surface area contributed by atoms with Gasteiger partial charge in [0.05, 0.1) is 6.42 Å². The average molecular weight is 300 g/mol. The van der Waals surface area contributed by atoms with Gasteiger partial charge >= 0.3 is 0 Å². The van der Waals surface area contributed by atoms with Gasteiger partial charge in [-0.05, 0) is 56.7 Å². The Bertz CT molecular complexity index is 587. The van der Waals surface area contributed by atoms with E-state index in [1.165, 1.54) is 6.42 Å². The molecule has 1 aromatic carbocycles. The molecular weight excluding hydrogens is 276 g/mol. The summed E-state index contributed by atoms with van der Waals surface area (Å²) in [7, 11) is 0. The molecule has 3 rings (SSSR count). The summed E-state index contributed by atoms with van der Waals surface area (Å²) in [5.41, 5.74) is 3.08. The van der Waals surface area contributed by atoms with Crippen molar-refractivity contribution in [3.63, 3.8) is 0 Å². The molecule has 2 unspecified atom stereocenters. The summed E-state index contributed by atoms with van der Waals surface area (Å²) in [6, 6.07) is 6.65. The maximum Gasteiger partial charge on any atom is 0.227 e. The molecule has 0 bridgehead atoms. The van der Waals surface area contributed by atoms with Crippen LogP contribution in [0.1, 0.15) is 50.7 Å². The van der Waals surface area contributed by atoms with Gasteiger partial charge in [0, 0.05) is 24.2 Å². The highest BCUT2D eigenvalue weighted by Crippen LogP contribution is 2.26. The van der Waals surface area contributed by atoms with Crippen LogP contribution in [0.3, 0.4) is 0 Å². The van der Waals surface area contributed by atoms with Gasteiger partial charge in [-0.15, -0.1) is 0 Å². The van der Waals surface area contributed by atoms with E-state index < -0.39 is 0 Å². The predicted molar refractivity (Wildman–Crippen MR) is 86.7 cm³/mol. The summed E-state index contributed by atoms with van der Waals surface area (Å²) >= 11 is 0. The van der Waals surface area contributed by atoms with E-state index in [2.05, 4.69) is 30.1 Å². The van der Waals surface area contributed by atoms with Crippen LogP contribution in [0.2, 0.25) is 0 Å². The van der Waals surface area contributed by atoms with Crippen molar-refractivity contribution < 1.29 is 9.59 Å². The standard InChI is InChI=1S/C18H24N2O2/c1-12-4-3-5-13(2)20(12)18(22)11-14-6-8-16-15(10-14)7-9-17(21)19-16/h6,8,10,12-13H,3-5,7,9,11H2,1-2H3,(H,19,21). The Labute approximate surface area is 131 Å². The van der Waals surface area contributed by atoms with Crippen LogP contribution in [-0.2, 0) is 22.4 Å². The van der Waals surface area contributed by atoms with Crippen LogP contribution in [0.25, 0.3) is 0 Å². The van der Waals surface area contributed by atoms with Gasteiger partial charge in [0.25, 0.3) is 0 Å². The molecule has 2 aliphatic rings. The lowest BCUT2D eigenvalue weighted by molar-refractivity contribution is -0.136. The van der Waals surface area contributed by atoms with E-state index in [0.29, 0.717) is 24.9 Å². The highest BCUT2D eigenvalue weighted by Gasteiger charge is 2.28. The van der Waals surface area contributed by atoms with Crippen LogP contribution in [-0.4, -0.2) is 28.8 Å². The topological polar surface area (TPSA) is 49.4 Å². The van der Waals surface area contributed by atoms with Gasteiger partial charge in [-0.2, -0.15) is 0 Å². The molecule has 2 amide bonds.